The van der Waals surface area contributed by atoms with E-state index in [2.05, 4.69) is 41.4 Å². The molecule has 1 aromatic rings. The lowest BCUT2D eigenvalue weighted by molar-refractivity contribution is 0.332. The van der Waals surface area contributed by atoms with Crippen LogP contribution in [0.5, 0.6) is 0 Å². The molecule has 2 aliphatic rings. The summed E-state index contributed by atoms with van der Waals surface area (Å²) in [6.07, 6.45) is 7.98. The van der Waals surface area contributed by atoms with Gasteiger partial charge in [-0.2, -0.15) is 0 Å². The highest BCUT2D eigenvalue weighted by Crippen LogP contribution is 2.33. The van der Waals surface area contributed by atoms with E-state index >= 15 is 0 Å². The normalized spacial score (nSPS) is 27.1. The molecule has 19 heavy (non-hydrogen) atoms. The summed E-state index contributed by atoms with van der Waals surface area (Å²) in [5, 5.41) is 3.61. The summed E-state index contributed by atoms with van der Waals surface area (Å²) >= 11 is 0. The van der Waals surface area contributed by atoms with E-state index in [0.29, 0.717) is 0 Å². The number of para-hydroxylation sites is 1. The minimum absolute atomic E-state index is 0.765. The number of anilines is 1. The van der Waals surface area contributed by atoms with Crippen LogP contribution in [-0.2, 0) is 6.42 Å². The van der Waals surface area contributed by atoms with Crippen molar-refractivity contribution in [1.29, 1.82) is 0 Å². The number of aryl methyl sites for hydroxylation is 1. The lowest BCUT2D eigenvalue weighted by atomic mass is 9.88. The summed E-state index contributed by atoms with van der Waals surface area (Å²) in [6.45, 7) is 4.59. The van der Waals surface area contributed by atoms with Gasteiger partial charge in [-0.25, -0.2) is 0 Å². The van der Waals surface area contributed by atoms with Gasteiger partial charge in [-0.05, 0) is 56.7 Å². The van der Waals surface area contributed by atoms with E-state index in [1.54, 1.807) is 5.56 Å². The van der Waals surface area contributed by atoms with Crippen LogP contribution in [0.2, 0.25) is 0 Å². The average molecular weight is 258 g/mol. The number of benzene rings is 1. The second kappa shape index (κ2) is 5.96. The molecule has 0 atom stereocenters. The van der Waals surface area contributed by atoms with Crippen molar-refractivity contribution in [3.8, 4) is 0 Å². The van der Waals surface area contributed by atoms with Crippen LogP contribution in [-0.4, -0.2) is 25.2 Å². The maximum Gasteiger partial charge on any atom is 0.0401 e. The maximum absolute atomic E-state index is 3.61. The number of rotatable bonds is 3. The fraction of sp³-hybridized carbons (Fsp3) is 0.647. The van der Waals surface area contributed by atoms with Crippen LogP contribution in [0.3, 0.4) is 0 Å². The zero-order valence-corrected chi connectivity index (χ0v) is 12.1. The van der Waals surface area contributed by atoms with Gasteiger partial charge in [-0.3, -0.25) is 0 Å². The summed E-state index contributed by atoms with van der Waals surface area (Å²) in [7, 11) is 0. The second-order valence-electron chi connectivity index (χ2n) is 5.99. The minimum Gasteiger partial charge on any atom is -0.368 e. The van der Waals surface area contributed by atoms with Gasteiger partial charge in [0.2, 0.25) is 0 Å². The molecule has 1 aliphatic carbocycles. The van der Waals surface area contributed by atoms with Crippen LogP contribution >= 0.6 is 0 Å². The van der Waals surface area contributed by atoms with E-state index in [0.717, 1.165) is 18.6 Å². The largest absolute Gasteiger partial charge is 0.368 e. The zero-order valence-electron chi connectivity index (χ0n) is 12.1. The molecule has 2 nitrogen and oxygen atoms in total. The topological polar surface area (TPSA) is 15.3 Å². The highest BCUT2D eigenvalue weighted by Gasteiger charge is 2.28. The Morgan fingerprint density at radius 2 is 1.95 bits per heavy atom. The van der Waals surface area contributed by atoms with Crippen molar-refractivity contribution >= 4 is 5.69 Å². The second-order valence-corrected chi connectivity index (χ2v) is 5.99. The molecule has 1 aliphatic heterocycles. The van der Waals surface area contributed by atoms with E-state index in [-0.39, 0.29) is 0 Å². The monoisotopic (exact) mass is 258 g/mol. The molecule has 1 fully saturated rings. The van der Waals surface area contributed by atoms with Gasteiger partial charge >= 0.3 is 0 Å². The maximum atomic E-state index is 3.61. The van der Waals surface area contributed by atoms with E-state index < -0.39 is 0 Å². The van der Waals surface area contributed by atoms with Gasteiger partial charge in [-0.1, -0.05) is 25.1 Å². The Morgan fingerprint density at radius 1 is 1.16 bits per heavy atom. The highest BCUT2D eigenvalue weighted by atomic mass is 15.2. The van der Waals surface area contributed by atoms with Gasteiger partial charge in [0.1, 0.15) is 0 Å². The molecule has 1 saturated carbocycles. The predicted molar refractivity (Wildman–Crippen MR) is 81.8 cm³/mol. The first-order valence-electron chi connectivity index (χ1n) is 7.96. The Kier molecular flexibility index (Phi) is 4.07. The fourth-order valence-electron chi connectivity index (χ4n) is 3.82. The lowest BCUT2D eigenvalue weighted by Crippen LogP contribution is -2.44. The van der Waals surface area contributed by atoms with Crippen molar-refractivity contribution < 1.29 is 0 Å². The third kappa shape index (κ3) is 2.79. The molecule has 0 amide bonds. The van der Waals surface area contributed by atoms with Gasteiger partial charge in [0.05, 0.1) is 0 Å². The van der Waals surface area contributed by atoms with Crippen molar-refractivity contribution in [2.75, 3.05) is 18.0 Å². The Bertz CT molecular complexity index is 407. The molecule has 0 bridgehead atoms. The van der Waals surface area contributed by atoms with Crippen molar-refractivity contribution in [1.82, 2.24) is 5.32 Å². The number of nitrogens with zero attached hydrogens (tertiary/aromatic N) is 1. The van der Waals surface area contributed by atoms with Crippen molar-refractivity contribution in [2.45, 2.75) is 57.5 Å². The summed E-state index contributed by atoms with van der Waals surface area (Å²) in [5.74, 6) is 0. The first-order chi connectivity index (χ1) is 9.38. The van der Waals surface area contributed by atoms with Crippen LogP contribution in [0.25, 0.3) is 0 Å². The first-order valence-corrected chi connectivity index (χ1v) is 7.96. The summed E-state index contributed by atoms with van der Waals surface area (Å²) < 4.78 is 0. The lowest BCUT2D eigenvalue weighted by Gasteiger charge is -2.41. The quantitative estimate of drug-likeness (QED) is 0.894. The first kappa shape index (κ1) is 13.0. The van der Waals surface area contributed by atoms with Crippen molar-refractivity contribution in [3.05, 3.63) is 29.8 Å². The standard InChI is InChI=1S/C17H26N2/c1-2-18-15-9-11-16(12-10-15)19-13-5-7-14-6-3-4-8-17(14)19/h3-4,6,8,15-16,18H,2,5,7,9-13H2,1H3. The Morgan fingerprint density at radius 3 is 2.74 bits per heavy atom. The zero-order chi connectivity index (χ0) is 13.1. The Labute approximate surface area is 117 Å². The number of fused-ring (bicyclic) bond motifs is 1. The van der Waals surface area contributed by atoms with E-state index in [4.69, 9.17) is 0 Å². The predicted octanol–water partition coefficient (Wildman–Crippen LogP) is 3.36. The Balaban J connectivity index is 1.68. The molecule has 3 rings (SSSR count). The average Bonchev–Trinajstić information content (AvgIpc) is 2.48. The molecule has 0 radical (unpaired) electrons. The van der Waals surface area contributed by atoms with Gasteiger partial charge < -0.3 is 10.2 Å². The van der Waals surface area contributed by atoms with Gasteiger partial charge in [0.25, 0.3) is 0 Å². The SMILES string of the molecule is CCNC1CCC(N2CCCc3ccccc32)CC1. The third-order valence-electron chi connectivity index (χ3n) is 4.78. The van der Waals surface area contributed by atoms with Gasteiger partial charge in [0, 0.05) is 24.3 Å². The number of hydrogen-bond donors (Lipinski definition) is 1. The molecule has 0 saturated heterocycles. The number of hydrogen-bond acceptors (Lipinski definition) is 2. The van der Waals surface area contributed by atoms with Crippen LogP contribution in [0.15, 0.2) is 24.3 Å². The van der Waals surface area contributed by atoms with Gasteiger partial charge in [0.15, 0.2) is 0 Å². The molecule has 1 aromatic carbocycles. The molecule has 2 heteroatoms. The molecule has 1 heterocycles. The van der Waals surface area contributed by atoms with Crippen LogP contribution in [0.4, 0.5) is 5.69 Å². The number of nitrogens with one attached hydrogen (secondary N) is 1. The molecule has 0 spiro atoms. The van der Waals surface area contributed by atoms with Crippen molar-refractivity contribution in [3.63, 3.8) is 0 Å². The smallest absolute Gasteiger partial charge is 0.0401 e. The van der Waals surface area contributed by atoms with Crippen LogP contribution in [0.1, 0.15) is 44.6 Å². The Hall–Kier alpha value is -1.02. The summed E-state index contributed by atoms with van der Waals surface area (Å²) in [4.78, 5) is 2.70. The molecular weight excluding hydrogens is 232 g/mol. The van der Waals surface area contributed by atoms with E-state index in [1.165, 1.54) is 50.8 Å². The summed E-state index contributed by atoms with van der Waals surface area (Å²) in [5.41, 5.74) is 3.07. The third-order valence-corrected chi connectivity index (χ3v) is 4.78. The summed E-state index contributed by atoms with van der Waals surface area (Å²) in [6, 6.07) is 10.6. The highest BCUT2D eigenvalue weighted by molar-refractivity contribution is 5.56. The van der Waals surface area contributed by atoms with Crippen LogP contribution < -0.4 is 10.2 Å². The van der Waals surface area contributed by atoms with Crippen LogP contribution in [0, 0.1) is 0 Å². The molecule has 104 valence electrons. The minimum atomic E-state index is 0.765. The van der Waals surface area contributed by atoms with E-state index in [9.17, 15) is 0 Å². The van der Waals surface area contributed by atoms with Crippen molar-refractivity contribution in [2.24, 2.45) is 0 Å². The van der Waals surface area contributed by atoms with Gasteiger partial charge in [-0.15, -0.1) is 0 Å². The molecule has 0 aromatic heterocycles. The fourth-order valence-corrected chi connectivity index (χ4v) is 3.82. The molecule has 0 unspecified atom stereocenters. The van der Waals surface area contributed by atoms with E-state index in [1.807, 2.05) is 0 Å². The molecular formula is C17H26N2. The molecule has 1 N–H and O–H groups in total.